The molecule has 1 amide bonds. The zero-order valence-corrected chi connectivity index (χ0v) is 11.9. The minimum Gasteiger partial charge on any atom is -0.480 e. The molecule has 6 nitrogen and oxygen atoms in total. The molecule has 1 aliphatic rings. The molecule has 0 saturated carbocycles. The van der Waals surface area contributed by atoms with E-state index in [0.29, 0.717) is 23.3 Å². The Morgan fingerprint density at radius 1 is 1.53 bits per heavy atom. The zero-order chi connectivity index (χ0) is 14.0. The molecule has 2 rings (SSSR count). The highest BCUT2D eigenvalue weighted by Crippen LogP contribution is 2.26. The summed E-state index contributed by atoms with van der Waals surface area (Å²) in [7, 11) is 0. The molecule has 0 aliphatic carbocycles. The van der Waals surface area contributed by atoms with Crippen LogP contribution in [0.3, 0.4) is 0 Å². The average molecular weight is 329 g/mol. The summed E-state index contributed by atoms with van der Waals surface area (Å²) in [5.41, 5.74) is -0.0694. The molecule has 0 atom stereocenters. The number of amides is 1. The first-order chi connectivity index (χ1) is 8.89. The number of halogens is 1. The van der Waals surface area contributed by atoms with Gasteiger partial charge in [-0.3, -0.25) is 4.79 Å². The second-order valence-electron chi connectivity index (χ2n) is 4.66. The van der Waals surface area contributed by atoms with Gasteiger partial charge in [-0.05, 0) is 35.0 Å². The summed E-state index contributed by atoms with van der Waals surface area (Å²) in [6, 6.07) is 3.39. The van der Waals surface area contributed by atoms with Crippen molar-refractivity contribution < 1.29 is 19.4 Å². The van der Waals surface area contributed by atoms with Gasteiger partial charge in [0, 0.05) is 6.20 Å². The summed E-state index contributed by atoms with van der Waals surface area (Å²) in [4.78, 5) is 28.1. The average Bonchev–Trinajstić information content (AvgIpc) is 2.33. The third-order valence-corrected chi connectivity index (χ3v) is 3.33. The first-order valence-electron chi connectivity index (χ1n) is 5.66. The van der Waals surface area contributed by atoms with Crippen LogP contribution in [-0.2, 0) is 9.53 Å². The summed E-state index contributed by atoms with van der Waals surface area (Å²) >= 11 is 3.20. The summed E-state index contributed by atoms with van der Waals surface area (Å²) in [5, 5.41) is 8.56. The minimum atomic E-state index is -1.01. The van der Waals surface area contributed by atoms with Crippen LogP contribution in [0.25, 0.3) is 0 Å². The monoisotopic (exact) mass is 328 g/mol. The van der Waals surface area contributed by atoms with E-state index in [9.17, 15) is 9.59 Å². The number of aliphatic carboxylic acids is 1. The lowest BCUT2D eigenvalue weighted by molar-refractivity contribution is -0.159. The largest absolute Gasteiger partial charge is 0.480 e. The SMILES string of the molecule is CC1(OCC(=O)O)CN(C(=O)c2ccc(Br)nc2)C1. The standard InChI is InChI=1S/C12H13BrN2O4/c1-12(19-5-10(16)17)6-15(7-12)11(18)8-2-3-9(13)14-4-8/h2-4H,5-7H2,1H3,(H,16,17). The highest BCUT2D eigenvalue weighted by molar-refractivity contribution is 9.10. The summed E-state index contributed by atoms with van der Waals surface area (Å²) < 4.78 is 5.91. The number of pyridine rings is 1. The number of likely N-dealkylation sites (tertiary alicyclic amines) is 1. The van der Waals surface area contributed by atoms with E-state index in [4.69, 9.17) is 9.84 Å². The molecule has 102 valence electrons. The fourth-order valence-electron chi connectivity index (χ4n) is 1.92. The van der Waals surface area contributed by atoms with Gasteiger partial charge in [-0.2, -0.15) is 0 Å². The molecule has 1 N–H and O–H groups in total. The summed E-state index contributed by atoms with van der Waals surface area (Å²) in [6.45, 7) is 2.21. The van der Waals surface area contributed by atoms with E-state index in [1.807, 2.05) is 0 Å². The van der Waals surface area contributed by atoms with Gasteiger partial charge in [-0.15, -0.1) is 0 Å². The van der Waals surface area contributed by atoms with E-state index in [1.165, 1.54) is 6.20 Å². The maximum atomic E-state index is 12.1. The first kappa shape index (κ1) is 14.0. The molecule has 1 aliphatic heterocycles. The Morgan fingerprint density at radius 2 is 2.21 bits per heavy atom. The second-order valence-corrected chi connectivity index (χ2v) is 5.48. The molecule has 19 heavy (non-hydrogen) atoms. The smallest absolute Gasteiger partial charge is 0.329 e. The number of carbonyl (C=O) groups excluding carboxylic acids is 1. The van der Waals surface area contributed by atoms with Gasteiger partial charge in [-0.25, -0.2) is 9.78 Å². The number of aromatic nitrogens is 1. The van der Waals surface area contributed by atoms with Crippen LogP contribution in [0.4, 0.5) is 0 Å². The van der Waals surface area contributed by atoms with E-state index in [2.05, 4.69) is 20.9 Å². The van der Waals surface area contributed by atoms with Crippen molar-refractivity contribution in [2.45, 2.75) is 12.5 Å². The molecule has 1 saturated heterocycles. The van der Waals surface area contributed by atoms with Crippen LogP contribution in [0, 0.1) is 0 Å². The van der Waals surface area contributed by atoms with Gasteiger partial charge in [0.05, 0.1) is 18.7 Å². The highest BCUT2D eigenvalue weighted by Gasteiger charge is 2.42. The van der Waals surface area contributed by atoms with Crippen LogP contribution >= 0.6 is 15.9 Å². The molecule has 1 fully saturated rings. The lowest BCUT2D eigenvalue weighted by Gasteiger charge is -2.47. The lowest BCUT2D eigenvalue weighted by atomic mass is 9.95. The topological polar surface area (TPSA) is 79.7 Å². The van der Waals surface area contributed by atoms with Crippen molar-refractivity contribution in [2.75, 3.05) is 19.7 Å². The van der Waals surface area contributed by atoms with Crippen molar-refractivity contribution in [3.05, 3.63) is 28.5 Å². The van der Waals surface area contributed by atoms with Crippen LogP contribution in [0.2, 0.25) is 0 Å². The van der Waals surface area contributed by atoms with Gasteiger partial charge in [0.2, 0.25) is 0 Å². The van der Waals surface area contributed by atoms with Crippen LogP contribution in [0.1, 0.15) is 17.3 Å². The third kappa shape index (κ3) is 3.30. The quantitative estimate of drug-likeness (QED) is 0.839. The van der Waals surface area contributed by atoms with E-state index in [-0.39, 0.29) is 12.5 Å². The molecule has 0 radical (unpaired) electrons. The maximum Gasteiger partial charge on any atom is 0.329 e. The van der Waals surface area contributed by atoms with Crippen molar-refractivity contribution in [1.82, 2.24) is 9.88 Å². The summed E-state index contributed by atoms with van der Waals surface area (Å²) in [6.07, 6.45) is 1.50. The van der Waals surface area contributed by atoms with Gasteiger partial charge in [0.25, 0.3) is 5.91 Å². The number of carboxylic acids is 1. The van der Waals surface area contributed by atoms with E-state index >= 15 is 0 Å². The van der Waals surface area contributed by atoms with Gasteiger partial charge in [0.1, 0.15) is 16.8 Å². The van der Waals surface area contributed by atoms with Crippen LogP contribution in [0.5, 0.6) is 0 Å². The molecule has 1 aromatic heterocycles. The minimum absolute atomic E-state index is 0.128. The Morgan fingerprint density at radius 3 is 2.74 bits per heavy atom. The number of rotatable bonds is 4. The van der Waals surface area contributed by atoms with Crippen molar-refractivity contribution in [3.63, 3.8) is 0 Å². The third-order valence-electron chi connectivity index (χ3n) is 2.86. The van der Waals surface area contributed by atoms with Crippen molar-refractivity contribution in [2.24, 2.45) is 0 Å². The van der Waals surface area contributed by atoms with Gasteiger partial charge in [-0.1, -0.05) is 0 Å². The zero-order valence-electron chi connectivity index (χ0n) is 10.3. The normalized spacial score (nSPS) is 16.8. The second kappa shape index (κ2) is 5.26. The number of hydrogen-bond donors (Lipinski definition) is 1. The molecular formula is C12H13BrN2O4. The Balaban J connectivity index is 1.91. The number of ether oxygens (including phenoxy) is 1. The van der Waals surface area contributed by atoms with Crippen LogP contribution in [0.15, 0.2) is 22.9 Å². The fraction of sp³-hybridized carbons (Fsp3) is 0.417. The number of carbonyl (C=O) groups is 2. The molecule has 7 heteroatoms. The molecule has 0 aromatic carbocycles. The van der Waals surface area contributed by atoms with Gasteiger partial charge < -0.3 is 14.7 Å². The molecule has 2 heterocycles. The molecule has 0 unspecified atom stereocenters. The Labute approximate surface area is 118 Å². The van der Waals surface area contributed by atoms with E-state index < -0.39 is 11.6 Å². The van der Waals surface area contributed by atoms with E-state index in [1.54, 1.807) is 24.0 Å². The Hall–Kier alpha value is -1.47. The molecule has 0 spiro atoms. The predicted octanol–water partition coefficient (Wildman–Crippen LogP) is 1.16. The lowest BCUT2D eigenvalue weighted by Crippen LogP contribution is -2.63. The molecular weight excluding hydrogens is 316 g/mol. The number of nitrogens with zero attached hydrogens (tertiary/aromatic N) is 2. The van der Waals surface area contributed by atoms with E-state index in [0.717, 1.165) is 0 Å². The summed E-state index contributed by atoms with van der Waals surface area (Å²) in [5.74, 6) is -1.14. The maximum absolute atomic E-state index is 12.1. The Kier molecular flexibility index (Phi) is 3.86. The molecule has 1 aromatic rings. The fourth-order valence-corrected chi connectivity index (χ4v) is 2.15. The van der Waals surface area contributed by atoms with Crippen LogP contribution < -0.4 is 0 Å². The van der Waals surface area contributed by atoms with Gasteiger partial charge in [0.15, 0.2) is 0 Å². The van der Waals surface area contributed by atoms with Crippen molar-refractivity contribution >= 4 is 27.8 Å². The number of carboxylic acid groups (broad SMARTS) is 1. The highest BCUT2D eigenvalue weighted by atomic mass is 79.9. The first-order valence-corrected chi connectivity index (χ1v) is 6.45. The van der Waals surface area contributed by atoms with Crippen LogP contribution in [-0.4, -0.2) is 52.2 Å². The Bertz CT molecular complexity index is 497. The number of hydrogen-bond acceptors (Lipinski definition) is 4. The van der Waals surface area contributed by atoms with Gasteiger partial charge >= 0.3 is 5.97 Å². The predicted molar refractivity (Wildman–Crippen MR) is 69.8 cm³/mol. The van der Waals surface area contributed by atoms with Crippen molar-refractivity contribution in [3.8, 4) is 0 Å². The molecule has 0 bridgehead atoms. The van der Waals surface area contributed by atoms with Crippen molar-refractivity contribution in [1.29, 1.82) is 0 Å².